The summed E-state index contributed by atoms with van der Waals surface area (Å²) >= 11 is 7.77. The molecule has 5 rings (SSSR count). The molecule has 0 bridgehead atoms. The van der Waals surface area contributed by atoms with E-state index in [-0.39, 0.29) is 17.3 Å². The number of aryl methyl sites for hydroxylation is 1. The minimum atomic E-state index is -0.337. The van der Waals surface area contributed by atoms with Crippen LogP contribution in [0.5, 0.6) is 0 Å². The SMILES string of the molecule is Cn1cc(-c2nnc(Nc3ccc4[nH]ncc4c3Cl)s2)cc(NC(=O)N2CCOCC2)c1=O. The van der Waals surface area contributed by atoms with Gasteiger partial charge in [0, 0.05) is 37.3 Å². The summed E-state index contributed by atoms with van der Waals surface area (Å²) in [5.74, 6) is 0. The lowest BCUT2D eigenvalue weighted by molar-refractivity contribution is 0.0564. The van der Waals surface area contributed by atoms with Gasteiger partial charge in [0.1, 0.15) is 5.69 Å². The van der Waals surface area contributed by atoms with E-state index in [0.29, 0.717) is 52.7 Å². The number of hydrogen-bond acceptors (Lipinski definition) is 8. The van der Waals surface area contributed by atoms with Crippen molar-refractivity contribution in [3.63, 3.8) is 0 Å². The summed E-state index contributed by atoms with van der Waals surface area (Å²) in [5, 5.41) is 23.6. The Labute approximate surface area is 196 Å². The van der Waals surface area contributed by atoms with E-state index in [9.17, 15) is 9.59 Å². The molecule has 1 fully saturated rings. The van der Waals surface area contributed by atoms with Crippen molar-refractivity contribution in [1.82, 2.24) is 29.9 Å². The van der Waals surface area contributed by atoms with E-state index >= 15 is 0 Å². The fourth-order valence-electron chi connectivity index (χ4n) is 3.46. The van der Waals surface area contributed by atoms with Crippen LogP contribution < -0.4 is 16.2 Å². The van der Waals surface area contributed by atoms with E-state index in [2.05, 4.69) is 31.0 Å². The van der Waals surface area contributed by atoms with Crippen LogP contribution in [-0.4, -0.2) is 62.2 Å². The summed E-state index contributed by atoms with van der Waals surface area (Å²) in [6.45, 7) is 1.90. The molecule has 0 spiro atoms. The standard InChI is InChI=1S/C20H19ClN8O3S/c1-28-10-11(8-15(18(28)30)24-20(31)29-4-6-32-7-5-29)17-26-27-19(33-17)23-14-3-2-13-12(16(14)21)9-22-25-13/h2-3,8-10H,4-7H2,1H3,(H,22,25)(H,23,27)(H,24,31). The molecule has 4 aromatic rings. The van der Waals surface area contributed by atoms with E-state index in [4.69, 9.17) is 16.3 Å². The summed E-state index contributed by atoms with van der Waals surface area (Å²) in [6, 6.07) is 4.97. The third kappa shape index (κ3) is 4.27. The Morgan fingerprint density at radius 2 is 2.06 bits per heavy atom. The number of pyridine rings is 1. The van der Waals surface area contributed by atoms with Crippen molar-refractivity contribution in [2.24, 2.45) is 7.05 Å². The number of carbonyl (C=O) groups is 1. The summed E-state index contributed by atoms with van der Waals surface area (Å²) in [6.07, 6.45) is 3.31. The molecule has 0 saturated carbocycles. The number of ether oxygens (including phenoxy) is 1. The van der Waals surface area contributed by atoms with Gasteiger partial charge in [0.05, 0.1) is 35.6 Å². The molecule has 170 valence electrons. The Morgan fingerprint density at radius 1 is 1.24 bits per heavy atom. The summed E-state index contributed by atoms with van der Waals surface area (Å²) in [4.78, 5) is 26.7. The first-order valence-electron chi connectivity index (χ1n) is 10.1. The molecule has 0 atom stereocenters. The number of urea groups is 1. The predicted molar refractivity (Wildman–Crippen MR) is 126 cm³/mol. The molecule has 3 N–H and O–H groups in total. The van der Waals surface area contributed by atoms with Crippen molar-refractivity contribution in [3.05, 3.63) is 46.0 Å². The van der Waals surface area contributed by atoms with E-state index in [0.717, 1.165) is 10.9 Å². The first-order valence-corrected chi connectivity index (χ1v) is 11.3. The van der Waals surface area contributed by atoms with Crippen LogP contribution in [0.2, 0.25) is 5.02 Å². The number of H-pyrrole nitrogens is 1. The Balaban J connectivity index is 1.38. The maximum Gasteiger partial charge on any atom is 0.322 e. The van der Waals surface area contributed by atoms with Crippen LogP contribution in [0.1, 0.15) is 0 Å². The van der Waals surface area contributed by atoms with Gasteiger partial charge in [-0.05, 0) is 18.2 Å². The molecule has 13 heteroatoms. The second-order valence-corrected chi connectivity index (χ2v) is 8.74. The number of aromatic nitrogens is 5. The number of benzene rings is 1. The first kappa shape index (κ1) is 21.4. The average molecular weight is 487 g/mol. The third-order valence-electron chi connectivity index (χ3n) is 5.20. The molecule has 4 heterocycles. The van der Waals surface area contributed by atoms with Gasteiger partial charge in [0.2, 0.25) is 5.13 Å². The first-order chi connectivity index (χ1) is 16.0. The van der Waals surface area contributed by atoms with Crippen molar-refractivity contribution in [3.8, 4) is 10.6 Å². The van der Waals surface area contributed by atoms with Crippen molar-refractivity contribution in [2.75, 3.05) is 36.9 Å². The lowest BCUT2D eigenvalue weighted by atomic mass is 10.2. The highest BCUT2D eigenvalue weighted by atomic mass is 35.5. The van der Waals surface area contributed by atoms with E-state index in [1.54, 1.807) is 30.4 Å². The number of morpholine rings is 1. The van der Waals surface area contributed by atoms with Crippen molar-refractivity contribution in [1.29, 1.82) is 0 Å². The topological polar surface area (TPSA) is 130 Å². The molecule has 0 aliphatic carbocycles. The number of fused-ring (bicyclic) bond motifs is 1. The third-order valence-corrected chi connectivity index (χ3v) is 6.49. The minimum Gasteiger partial charge on any atom is -0.378 e. The zero-order chi connectivity index (χ0) is 22.9. The molecule has 1 aliphatic rings. The van der Waals surface area contributed by atoms with Crippen LogP contribution in [0.4, 0.5) is 21.3 Å². The monoisotopic (exact) mass is 486 g/mol. The van der Waals surface area contributed by atoms with Crippen LogP contribution in [0.15, 0.2) is 35.4 Å². The molecule has 0 radical (unpaired) electrons. The number of amides is 2. The van der Waals surface area contributed by atoms with Gasteiger partial charge < -0.3 is 24.8 Å². The quantitative estimate of drug-likeness (QED) is 0.404. The molecule has 1 saturated heterocycles. The Hall–Kier alpha value is -3.48. The molecule has 3 aromatic heterocycles. The summed E-state index contributed by atoms with van der Waals surface area (Å²) in [7, 11) is 1.62. The fraction of sp³-hybridized carbons (Fsp3) is 0.250. The molecule has 1 aliphatic heterocycles. The lowest BCUT2D eigenvalue weighted by Crippen LogP contribution is -2.43. The van der Waals surface area contributed by atoms with Crippen LogP contribution in [0, 0.1) is 0 Å². The maximum absolute atomic E-state index is 12.6. The molecular weight excluding hydrogens is 468 g/mol. The number of nitrogens with one attached hydrogen (secondary N) is 3. The molecule has 11 nitrogen and oxygen atoms in total. The average Bonchev–Trinajstić information content (AvgIpc) is 3.49. The highest BCUT2D eigenvalue weighted by Gasteiger charge is 2.19. The maximum atomic E-state index is 12.6. The molecule has 0 unspecified atom stereocenters. The van der Waals surface area contributed by atoms with Crippen LogP contribution >= 0.6 is 22.9 Å². The smallest absolute Gasteiger partial charge is 0.322 e. The predicted octanol–water partition coefficient (Wildman–Crippen LogP) is 3.04. The zero-order valence-electron chi connectivity index (χ0n) is 17.5. The van der Waals surface area contributed by atoms with Crippen molar-refractivity contribution >= 4 is 56.4 Å². The minimum absolute atomic E-state index is 0.171. The van der Waals surface area contributed by atoms with Gasteiger partial charge in [-0.3, -0.25) is 9.89 Å². The van der Waals surface area contributed by atoms with Gasteiger partial charge in [0.25, 0.3) is 5.56 Å². The van der Waals surface area contributed by atoms with Gasteiger partial charge in [0.15, 0.2) is 5.01 Å². The van der Waals surface area contributed by atoms with Crippen molar-refractivity contribution in [2.45, 2.75) is 0 Å². The Bertz CT molecular complexity index is 1390. The highest BCUT2D eigenvalue weighted by molar-refractivity contribution is 7.18. The summed E-state index contributed by atoms with van der Waals surface area (Å²) in [5.41, 5.74) is 2.01. The van der Waals surface area contributed by atoms with Gasteiger partial charge in [-0.1, -0.05) is 22.9 Å². The second kappa shape index (κ2) is 8.81. The van der Waals surface area contributed by atoms with Crippen molar-refractivity contribution < 1.29 is 9.53 Å². The van der Waals surface area contributed by atoms with Gasteiger partial charge in [-0.25, -0.2) is 4.79 Å². The van der Waals surface area contributed by atoms with Crippen LogP contribution in [0.3, 0.4) is 0 Å². The number of anilines is 3. The fourth-order valence-corrected chi connectivity index (χ4v) is 4.46. The van der Waals surface area contributed by atoms with Gasteiger partial charge in [-0.2, -0.15) is 5.10 Å². The number of rotatable bonds is 4. The van der Waals surface area contributed by atoms with E-state index < -0.39 is 0 Å². The number of halogens is 1. The zero-order valence-corrected chi connectivity index (χ0v) is 19.0. The highest BCUT2D eigenvalue weighted by Crippen LogP contribution is 2.34. The lowest BCUT2D eigenvalue weighted by Gasteiger charge is -2.26. The number of nitrogens with zero attached hydrogens (tertiary/aromatic N) is 5. The van der Waals surface area contributed by atoms with Crippen LogP contribution in [-0.2, 0) is 11.8 Å². The van der Waals surface area contributed by atoms with E-state index in [1.165, 1.54) is 15.9 Å². The Kier molecular flexibility index (Phi) is 5.70. The number of carbonyl (C=O) groups excluding carboxylic acids is 1. The molecule has 2 amide bonds. The van der Waals surface area contributed by atoms with Gasteiger partial charge >= 0.3 is 6.03 Å². The number of aromatic amines is 1. The molecule has 1 aromatic carbocycles. The molecule has 33 heavy (non-hydrogen) atoms. The normalized spacial score (nSPS) is 13.9. The number of hydrogen-bond donors (Lipinski definition) is 3. The van der Waals surface area contributed by atoms with E-state index in [1.807, 2.05) is 12.1 Å². The Morgan fingerprint density at radius 3 is 2.88 bits per heavy atom. The van der Waals surface area contributed by atoms with Gasteiger partial charge in [-0.15, -0.1) is 10.2 Å². The largest absolute Gasteiger partial charge is 0.378 e. The second-order valence-electron chi connectivity index (χ2n) is 7.38. The van der Waals surface area contributed by atoms with Crippen LogP contribution in [0.25, 0.3) is 21.5 Å². The summed E-state index contributed by atoms with van der Waals surface area (Å²) < 4.78 is 6.67. The molecular formula is C20H19ClN8O3S.